The molecule has 2 amide bonds. The molecule has 0 aromatic heterocycles. The zero-order valence-corrected chi connectivity index (χ0v) is 20.9. The second-order valence-electron chi connectivity index (χ2n) is 8.96. The Hall–Kier alpha value is -3.45. The quantitative estimate of drug-likeness (QED) is 0.340. The van der Waals surface area contributed by atoms with Crippen molar-refractivity contribution >= 4 is 34.0 Å². The van der Waals surface area contributed by atoms with E-state index >= 15 is 0 Å². The first-order valence-electron chi connectivity index (χ1n) is 11.6. The molecular weight excluding hydrogens is 508 g/mol. The SMILES string of the molecule is CCOc1cc(/C=N\N2C(=O)[C@@H]3C4c5ccccc5C(c5ccccc54)[C@H]3C2=O)cc(Br)c1OC. The Morgan fingerprint density at radius 1 is 0.914 bits per heavy atom. The largest absolute Gasteiger partial charge is 0.492 e. The number of methoxy groups -OCH3 is 1. The number of nitrogens with zero attached hydrogens (tertiary/aromatic N) is 2. The van der Waals surface area contributed by atoms with E-state index in [-0.39, 0.29) is 23.7 Å². The summed E-state index contributed by atoms with van der Waals surface area (Å²) in [5.74, 6) is -0.534. The average Bonchev–Trinajstić information content (AvgIpc) is 3.13. The number of imide groups is 1. The molecule has 3 aliphatic carbocycles. The summed E-state index contributed by atoms with van der Waals surface area (Å²) < 4.78 is 11.8. The molecule has 0 N–H and O–H groups in total. The second kappa shape index (κ2) is 8.34. The van der Waals surface area contributed by atoms with Gasteiger partial charge in [-0.05, 0) is 62.8 Å². The number of rotatable bonds is 5. The lowest BCUT2D eigenvalue weighted by atomic mass is 9.55. The van der Waals surface area contributed by atoms with Gasteiger partial charge in [-0.15, -0.1) is 0 Å². The molecule has 35 heavy (non-hydrogen) atoms. The molecule has 176 valence electrons. The molecule has 0 saturated carbocycles. The van der Waals surface area contributed by atoms with E-state index in [0.29, 0.717) is 28.1 Å². The summed E-state index contributed by atoms with van der Waals surface area (Å²) in [5.41, 5.74) is 5.26. The third kappa shape index (κ3) is 3.18. The third-order valence-electron chi connectivity index (χ3n) is 7.28. The number of halogens is 1. The van der Waals surface area contributed by atoms with Crippen molar-refractivity contribution < 1.29 is 19.1 Å². The molecule has 1 saturated heterocycles. The second-order valence-corrected chi connectivity index (χ2v) is 9.82. The average molecular weight is 531 g/mol. The van der Waals surface area contributed by atoms with Crippen LogP contribution in [0.5, 0.6) is 11.5 Å². The van der Waals surface area contributed by atoms with E-state index in [9.17, 15) is 9.59 Å². The zero-order chi connectivity index (χ0) is 24.3. The van der Waals surface area contributed by atoms with Crippen LogP contribution in [0.15, 0.2) is 70.2 Å². The number of benzene rings is 3. The fourth-order valence-electron chi connectivity index (χ4n) is 6.02. The summed E-state index contributed by atoms with van der Waals surface area (Å²) in [6, 6.07) is 20.0. The summed E-state index contributed by atoms with van der Waals surface area (Å²) >= 11 is 3.50. The molecule has 0 unspecified atom stereocenters. The summed E-state index contributed by atoms with van der Waals surface area (Å²) in [7, 11) is 1.57. The van der Waals surface area contributed by atoms with Gasteiger partial charge in [-0.3, -0.25) is 9.59 Å². The van der Waals surface area contributed by atoms with Crippen LogP contribution in [-0.2, 0) is 9.59 Å². The number of carbonyl (C=O) groups is 2. The van der Waals surface area contributed by atoms with Gasteiger partial charge in [0.2, 0.25) is 0 Å². The molecule has 1 aliphatic heterocycles. The van der Waals surface area contributed by atoms with E-state index in [0.717, 1.165) is 27.3 Å². The Morgan fingerprint density at radius 2 is 1.43 bits per heavy atom. The standard InChI is InChI=1S/C28H23BrN2O4/c1-3-35-21-13-15(12-20(29)26(21)34-2)14-30-31-27(32)24-22-16-8-4-5-9-17(16)23(25(24)28(31)33)19-11-7-6-10-18(19)22/h4-14,22-25H,3H2,1-2H3/b30-14-/t22?,23?,24-,25-/m1/s1. The molecule has 7 rings (SSSR count). The first-order chi connectivity index (χ1) is 17.0. The minimum Gasteiger partial charge on any atom is -0.492 e. The van der Waals surface area contributed by atoms with Crippen LogP contribution in [0.25, 0.3) is 0 Å². The van der Waals surface area contributed by atoms with Crippen LogP contribution >= 0.6 is 15.9 Å². The van der Waals surface area contributed by atoms with E-state index in [1.54, 1.807) is 13.2 Å². The Balaban J connectivity index is 1.39. The van der Waals surface area contributed by atoms with Gasteiger partial charge in [-0.25, -0.2) is 0 Å². The molecule has 2 atom stereocenters. The highest BCUT2D eigenvalue weighted by Crippen LogP contribution is 2.60. The van der Waals surface area contributed by atoms with Crippen LogP contribution in [0.1, 0.15) is 46.6 Å². The Labute approximate surface area is 211 Å². The lowest BCUT2D eigenvalue weighted by Crippen LogP contribution is -2.41. The number of hydrazone groups is 1. The van der Waals surface area contributed by atoms with Crippen molar-refractivity contribution in [3.8, 4) is 11.5 Å². The van der Waals surface area contributed by atoms with E-state index in [2.05, 4.69) is 45.3 Å². The highest BCUT2D eigenvalue weighted by Gasteiger charge is 2.61. The lowest BCUT2D eigenvalue weighted by Gasteiger charge is -2.45. The number of carbonyl (C=O) groups excluding carboxylic acids is 2. The van der Waals surface area contributed by atoms with Gasteiger partial charge in [-0.1, -0.05) is 48.5 Å². The van der Waals surface area contributed by atoms with E-state index in [1.165, 1.54) is 6.21 Å². The van der Waals surface area contributed by atoms with Crippen LogP contribution in [0.4, 0.5) is 0 Å². The predicted octanol–water partition coefficient (Wildman–Crippen LogP) is 5.08. The van der Waals surface area contributed by atoms with Crippen molar-refractivity contribution in [2.75, 3.05) is 13.7 Å². The maximum atomic E-state index is 13.7. The van der Waals surface area contributed by atoms with Gasteiger partial charge >= 0.3 is 0 Å². The molecule has 4 aliphatic rings. The highest BCUT2D eigenvalue weighted by atomic mass is 79.9. The van der Waals surface area contributed by atoms with Gasteiger partial charge in [0.1, 0.15) is 0 Å². The van der Waals surface area contributed by atoms with Crippen molar-refractivity contribution in [1.82, 2.24) is 5.01 Å². The van der Waals surface area contributed by atoms with Crippen LogP contribution in [0.2, 0.25) is 0 Å². The molecule has 1 heterocycles. The van der Waals surface area contributed by atoms with Crippen molar-refractivity contribution in [2.24, 2.45) is 16.9 Å². The topological polar surface area (TPSA) is 68.2 Å². The zero-order valence-electron chi connectivity index (χ0n) is 19.3. The predicted molar refractivity (Wildman–Crippen MR) is 135 cm³/mol. The fraction of sp³-hybridized carbons (Fsp3) is 0.250. The van der Waals surface area contributed by atoms with Gasteiger partial charge in [0.25, 0.3) is 11.8 Å². The van der Waals surface area contributed by atoms with Crippen LogP contribution in [-0.4, -0.2) is 36.8 Å². The van der Waals surface area contributed by atoms with Crippen LogP contribution < -0.4 is 9.47 Å². The van der Waals surface area contributed by atoms with Gasteiger partial charge in [0, 0.05) is 11.8 Å². The van der Waals surface area contributed by atoms with E-state index in [1.807, 2.05) is 37.3 Å². The molecule has 0 spiro atoms. The Morgan fingerprint density at radius 3 is 1.89 bits per heavy atom. The van der Waals surface area contributed by atoms with Crippen molar-refractivity contribution in [3.63, 3.8) is 0 Å². The summed E-state index contributed by atoms with van der Waals surface area (Å²) in [4.78, 5) is 27.3. The van der Waals surface area contributed by atoms with Crippen molar-refractivity contribution in [1.29, 1.82) is 0 Å². The Bertz CT molecular complexity index is 1290. The number of hydrogen-bond acceptors (Lipinski definition) is 5. The minimum atomic E-state index is -0.448. The lowest BCUT2D eigenvalue weighted by molar-refractivity contribution is -0.139. The van der Waals surface area contributed by atoms with Crippen LogP contribution in [0, 0.1) is 11.8 Å². The number of ether oxygens (including phenoxy) is 2. The van der Waals surface area contributed by atoms with Gasteiger partial charge in [-0.2, -0.15) is 10.1 Å². The minimum absolute atomic E-state index is 0.145. The van der Waals surface area contributed by atoms with Crippen molar-refractivity contribution in [2.45, 2.75) is 18.8 Å². The van der Waals surface area contributed by atoms with Crippen LogP contribution in [0.3, 0.4) is 0 Å². The summed E-state index contributed by atoms with van der Waals surface area (Å²) in [6.45, 7) is 2.36. The maximum Gasteiger partial charge on any atom is 0.254 e. The molecule has 3 aromatic carbocycles. The summed E-state index contributed by atoms with van der Waals surface area (Å²) in [6.07, 6.45) is 1.53. The van der Waals surface area contributed by atoms with E-state index < -0.39 is 11.8 Å². The third-order valence-corrected chi connectivity index (χ3v) is 7.87. The molecule has 0 radical (unpaired) electrons. The number of amides is 2. The fourth-order valence-corrected chi connectivity index (χ4v) is 6.64. The molecule has 2 bridgehead atoms. The van der Waals surface area contributed by atoms with Gasteiger partial charge in [0.05, 0.1) is 36.2 Å². The normalized spacial score (nSPS) is 23.9. The maximum absolute atomic E-state index is 13.7. The molecule has 7 heteroatoms. The number of hydrogen-bond donors (Lipinski definition) is 0. The molecule has 1 fully saturated rings. The van der Waals surface area contributed by atoms with Gasteiger partial charge in [0.15, 0.2) is 11.5 Å². The first-order valence-corrected chi connectivity index (χ1v) is 12.4. The smallest absolute Gasteiger partial charge is 0.254 e. The molecule has 6 nitrogen and oxygen atoms in total. The highest BCUT2D eigenvalue weighted by molar-refractivity contribution is 9.10. The summed E-state index contributed by atoms with van der Waals surface area (Å²) in [5, 5.41) is 5.47. The Kier molecular flexibility index (Phi) is 5.25. The van der Waals surface area contributed by atoms with E-state index in [4.69, 9.17) is 9.47 Å². The first kappa shape index (κ1) is 22.0. The monoisotopic (exact) mass is 530 g/mol. The van der Waals surface area contributed by atoms with Gasteiger partial charge < -0.3 is 9.47 Å². The molecular formula is C28H23BrN2O4. The van der Waals surface area contributed by atoms with Crippen molar-refractivity contribution in [3.05, 3.63) is 93.0 Å². The molecule has 3 aromatic rings.